The highest BCUT2D eigenvalue weighted by molar-refractivity contribution is 8.00. The molecule has 0 atom stereocenters. The lowest BCUT2D eigenvalue weighted by molar-refractivity contribution is 0.0969. The summed E-state index contributed by atoms with van der Waals surface area (Å²) in [5, 5.41) is 0.689. The minimum absolute atomic E-state index is 0.151. The molecule has 1 fully saturated rings. The quantitative estimate of drug-likeness (QED) is 0.281. The van der Waals surface area contributed by atoms with E-state index in [2.05, 4.69) is 0 Å². The van der Waals surface area contributed by atoms with Crippen LogP contribution in [0.5, 0.6) is 0 Å². The Hall–Kier alpha value is -2.91. The molecule has 2 N–H and O–H groups in total. The zero-order chi connectivity index (χ0) is 25.9. The lowest BCUT2D eigenvalue weighted by Gasteiger charge is -2.30. The Bertz CT molecular complexity index is 1390. The van der Waals surface area contributed by atoms with Gasteiger partial charge in [0.15, 0.2) is 22.1 Å². The molecule has 0 saturated heterocycles. The molecule has 192 valence electrons. The molecule has 1 aliphatic rings. The Morgan fingerprint density at radius 3 is 2.36 bits per heavy atom. The Morgan fingerprint density at radius 2 is 1.75 bits per heavy atom. The molecule has 0 bridgehead atoms. The number of nitrogens with two attached hydrogens (primary N) is 1. The molecule has 4 rings (SSSR count). The molecular weight excluding hydrogens is 474 g/mol. The topological polar surface area (TPSA) is 105 Å². The van der Waals surface area contributed by atoms with Crippen LogP contribution in [0.25, 0.3) is 11.2 Å². The van der Waals surface area contributed by atoms with Crippen LogP contribution in [0.3, 0.4) is 0 Å². The maximum atomic E-state index is 13.7. The van der Waals surface area contributed by atoms with E-state index in [1.165, 1.54) is 17.4 Å². The van der Waals surface area contributed by atoms with Crippen molar-refractivity contribution in [3.63, 3.8) is 0 Å². The third-order valence-corrected chi connectivity index (χ3v) is 8.47. The number of allylic oxidation sites excluding steroid dienone is 2. The Labute approximate surface area is 215 Å². The summed E-state index contributed by atoms with van der Waals surface area (Å²) in [6.45, 7) is 4.66. The number of hydrogen-bond donors (Lipinski definition) is 1. The number of nitrogens with zero attached hydrogens (tertiary/aromatic N) is 4. The molecule has 9 heteroatoms. The average molecular weight is 510 g/mol. The summed E-state index contributed by atoms with van der Waals surface area (Å²) in [5.74, 6) is -0.292. The molecule has 0 radical (unpaired) electrons. The van der Waals surface area contributed by atoms with Crippen LogP contribution in [0.1, 0.15) is 62.7 Å². The van der Waals surface area contributed by atoms with Gasteiger partial charge in [-0.05, 0) is 26.7 Å². The minimum Gasteiger partial charge on any atom is -0.329 e. The Kier molecular flexibility index (Phi) is 8.00. The van der Waals surface area contributed by atoms with Crippen molar-refractivity contribution in [2.75, 3.05) is 6.54 Å². The molecule has 0 unspecified atom stereocenters. The van der Waals surface area contributed by atoms with Gasteiger partial charge in [0.05, 0.1) is 6.54 Å². The van der Waals surface area contributed by atoms with Crippen LogP contribution in [0.4, 0.5) is 0 Å². The van der Waals surface area contributed by atoms with Gasteiger partial charge in [0.2, 0.25) is 0 Å². The van der Waals surface area contributed by atoms with E-state index in [0.29, 0.717) is 35.0 Å². The number of imidazole rings is 1. The van der Waals surface area contributed by atoms with Gasteiger partial charge in [0.1, 0.15) is 0 Å². The first-order chi connectivity index (χ1) is 17.3. The van der Waals surface area contributed by atoms with Crippen molar-refractivity contribution < 1.29 is 4.79 Å². The first kappa shape index (κ1) is 26.2. The van der Waals surface area contributed by atoms with Gasteiger partial charge < -0.3 is 10.3 Å². The van der Waals surface area contributed by atoms with Gasteiger partial charge in [-0.25, -0.2) is 9.78 Å². The first-order valence-electron chi connectivity index (χ1n) is 12.6. The monoisotopic (exact) mass is 509 g/mol. The summed E-state index contributed by atoms with van der Waals surface area (Å²) in [7, 11) is 1.60. The lowest BCUT2D eigenvalue weighted by atomic mass is 10.00. The van der Waals surface area contributed by atoms with E-state index in [9.17, 15) is 14.4 Å². The van der Waals surface area contributed by atoms with Crippen LogP contribution >= 0.6 is 11.8 Å². The molecule has 8 nitrogen and oxygen atoms in total. The summed E-state index contributed by atoms with van der Waals surface area (Å²) in [4.78, 5) is 44.6. The fraction of sp³-hybridized carbons (Fsp3) is 0.481. The fourth-order valence-electron chi connectivity index (χ4n) is 4.79. The molecule has 0 amide bonds. The smallest absolute Gasteiger partial charge is 0.329 e. The number of benzene rings is 1. The van der Waals surface area contributed by atoms with E-state index in [1.807, 2.05) is 30.6 Å². The number of fused-ring (bicyclic) bond motifs is 1. The second kappa shape index (κ2) is 11.0. The van der Waals surface area contributed by atoms with Crippen molar-refractivity contribution in [1.82, 2.24) is 18.7 Å². The van der Waals surface area contributed by atoms with E-state index in [4.69, 9.17) is 10.7 Å². The zero-order valence-corrected chi connectivity index (χ0v) is 22.1. The molecule has 0 spiro atoms. The standard InChI is InChI=1S/C27H35N5O3S/c1-19(2)13-16-31-22-23(29-25(31)36-27(18-28)14-9-4-5-10-15-27)30(3)26(35)32(24(22)34)17-21(33)20-11-7-6-8-12-20/h6-8,11-13H,4-5,9-10,14-18,28H2,1-3H3. The number of rotatable bonds is 8. The molecule has 1 saturated carbocycles. The fourth-order valence-corrected chi connectivity index (χ4v) is 6.16. The van der Waals surface area contributed by atoms with Gasteiger partial charge in [-0.15, -0.1) is 0 Å². The number of hydrogen-bond acceptors (Lipinski definition) is 6. The van der Waals surface area contributed by atoms with E-state index >= 15 is 0 Å². The van der Waals surface area contributed by atoms with Crippen LogP contribution in [0.2, 0.25) is 0 Å². The van der Waals surface area contributed by atoms with Crippen LogP contribution in [-0.4, -0.2) is 35.8 Å². The zero-order valence-electron chi connectivity index (χ0n) is 21.3. The highest BCUT2D eigenvalue weighted by atomic mass is 32.2. The number of thioether (sulfide) groups is 1. The van der Waals surface area contributed by atoms with Gasteiger partial charge in [-0.3, -0.25) is 18.7 Å². The van der Waals surface area contributed by atoms with Crippen molar-refractivity contribution in [3.8, 4) is 0 Å². The number of aryl methyl sites for hydroxylation is 1. The second-order valence-corrected chi connectivity index (χ2v) is 11.3. The summed E-state index contributed by atoms with van der Waals surface area (Å²) in [5.41, 5.74) is 7.49. The molecule has 0 aliphatic heterocycles. The van der Waals surface area contributed by atoms with E-state index in [0.717, 1.165) is 35.8 Å². The number of aromatic nitrogens is 4. The normalized spacial score (nSPS) is 15.6. The van der Waals surface area contributed by atoms with Crippen LogP contribution < -0.4 is 17.0 Å². The van der Waals surface area contributed by atoms with Crippen LogP contribution in [0, 0.1) is 0 Å². The third kappa shape index (κ3) is 5.27. The maximum Gasteiger partial charge on any atom is 0.332 e. The molecular formula is C27H35N5O3S. The Morgan fingerprint density at radius 1 is 1.08 bits per heavy atom. The lowest BCUT2D eigenvalue weighted by Crippen LogP contribution is -2.41. The minimum atomic E-state index is -0.553. The number of ketones is 1. The summed E-state index contributed by atoms with van der Waals surface area (Å²) < 4.78 is 4.14. The second-order valence-electron chi connectivity index (χ2n) is 9.88. The molecule has 1 aliphatic carbocycles. The number of Topliss-reactive ketones (excluding diaryl/α,β-unsaturated/α-hetero) is 1. The van der Waals surface area contributed by atoms with Crippen molar-refractivity contribution in [3.05, 3.63) is 68.4 Å². The van der Waals surface area contributed by atoms with Gasteiger partial charge in [-0.1, -0.05) is 79.4 Å². The van der Waals surface area contributed by atoms with Gasteiger partial charge >= 0.3 is 5.69 Å². The molecule has 2 heterocycles. The molecule has 1 aromatic carbocycles. The van der Waals surface area contributed by atoms with Crippen LogP contribution in [-0.2, 0) is 20.1 Å². The summed E-state index contributed by atoms with van der Waals surface area (Å²) in [6, 6.07) is 8.70. The van der Waals surface area contributed by atoms with Crippen LogP contribution in [0.15, 0.2) is 56.7 Å². The predicted molar refractivity (Wildman–Crippen MR) is 145 cm³/mol. The molecule has 3 aromatic rings. The molecule has 2 aromatic heterocycles. The average Bonchev–Trinajstić information content (AvgIpc) is 3.06. The van der Waals surface area contributed by atoms with Gasteiger partial charge in [0.25, 0.3) is 5.56 Å². The van der Waals surface area contributed by atoms with E-state index < -0.39 is 11.2 Å². The predicted octanol–water partition coefficient (Wildman–Crippen LogP) is 3.89. The largest absolute Gasteiger partial charge is 0.332 e. The van der Waals surface area contributed by atoms with Crippen molar-refractivity contribution in [2.24, 2.45) is 12.8 Å². The number of carbonyl (C=O) groups excluding carboxylic acids is 1. The molecule has 36 heavy (non-hydrogen) atoms. The van der Waals surface area contributed by atoms with Crippen molar-refractivity contribution >= 4 is 28.7 Å². The third-order valence-electron chi connectivity index (χ3n) is 6.97. The SMILES string of the molecule is CC(C)=CCn1c(SC2(CN)CCCCCC2)nc2c1c(=O)n(CC(=O)c1ccccc1)c(=O)n2C. The maximum absolute atomic E-state index is 13.7. The first-order valence-corrected chi connectivity index (χ1v) is 13.4. The number of carbonyl (C=O) groups is 1. The summed E-state index contributed by atoms with van der Waals surface area (Å²) in [6.07, 6.45) is 8.66. The van der Waals surface area contributed by atoms with Crippen molar-refractivity contribution in [1.29, 1.82) is 0 Å². The van der Waals surface area contributed by atoms with E-state index in [-0.39, 0.29) is 17.1 Å². The van der Waals surface area contributed by atoms with Gasteiger partial charge in [-0.2, -0.15) is 0 Å². The Balaban J connectivity index is 1.86. The summed E-state index contributed by atoms with van der Waals surface area (Å²) >= 11 is 1.64. The van der Waals surface area contributed by atoms with E-state index in [1.54, 1.807) is 43.1 Å². The highest BCUT2D eigenvalue weighted by Gasteiger charge is 2.34. The van der Waals surface area contributed by atoms with Gasteiger partial charge in [0, 0.05) is 30.4 Å². The van der Waals surface area contributed by atoms with Crippen molar-refractivity contribution in [2.45, 2.75) is 75.4 Å². The highest BCUT2D eigenvalue weighted by Crippen LogP contribution is 2.42.